The number of carbonyl (C=O) groups excluding carboxylic acids is 1. The van der Waals surface area contributed by atoms with Gasteiger partial charge in [0, 0.05) is 49.4 Å². The normalized spacial score (nSPS) is 18.7. The first-order chi connectivity index (χ1) is 16.2. The molecule has 4 rings (SSSR count). The first-order valence-corrected chi connectivity index (χ1v) is 11.3. The fraction of sp³-hybridized carbons (Fsp3) is 0.400. The molecule has 3 heterocycles. The van der Waals surface area contributed by atoms with Gasteiger partial charge in [0.1, 0.15) is 5.82 Å². The Bertz CT molecular complexity index is 1140. The van der Waals surface area contributed by atoms with Crippen LogP contribution in [0.5, 0.6) is 0 Å². The predicted octanol–water partition coefficient (Wildman–Crippen LogP) is 5.13. The molecule has 178 valence electrons. The maximum Gasteiger partial charge on any atom is 0.419 e. The van der Waals surface area contributed by atoms with Gasteiger partial charge in [-0.25, -0.2) is 19.9 Å². The van der Waals surface area contributed by atoms with E-state index in [2.05, 4.69) is 26.9 Å². The second-order valence-corrected chi connectivity index (χ2v) is 8.73. The summed E-state index contributed by atoms with van der Waals surface area (Å²) in [7, 11) is 0. The van der Waals surface area contributed by atoms with Crippen molar-refractivity contribution in [1.29, 1.82) is 0 Å². The molecule has 1 fully saturated rings. The van der Waals surface area contributed by atoms with Crippen molar-refractivity contribution in [2.45, 2.75) is 51.7 Å². The van der Waals surface area contributed by atoms with Gasteiger partial charge < -0.3 is 4.90 Å². The van der Waals surface area contributed by atoms with Gasteiger partial charge in [0.25, 0.3) is 5.91 Å². The molecule has 34 heavy (non-hydrogen) atoms. The highest BCUT2D eigenvalue weighted by molar-refractivity contribution is 6.00. The van der Waals surface area contributed by atoms with E-state index in [1.165, 1.54) is 0 Å². The number of halogens is 3. The molecule has 2 aromatic heterocycles. The van der Waals surface area contributed by atoms with Crippen LogP contribution in [0, 0.1) is 12.8 Å². The van der Waals surface area contributed by atoms with Crippen LogP contribution in [0.3, 0.4) is 0 Å². The van der Waals surface area contributed by atoms with Gasteiger partial charge in [-0.15, -0.1) is 0 Å². The molecule has 0 saturated carbocycles. The Morgan fingerprint density at radius 2 is 1.82 bits per heavy atom. The van der Waals surface area contributed by atoms with Crippen molar-refractivity contribution < 1.29 is 18.0 Å². The molecule has 1 aliphatic rings. The molecule has 0 unspecified atom stereocenters. The number of piperidine rings is 1. The summed E-state index contributed by atoms with van der Waals surface area (Å²) < 4.78 is 38.4. The average molecular weight is 470 g/mol. The van der Waals surface area contributed by atoms with Gasteiger partial charge in [-0.2, -0.15) is 13.2 Å². The van der Waals surface area contributed by atoms with Crippen LogP contribution in [0.15, 0.2) is 49.1 Å². The van der Waals surface area contributed by atoms with Crippen LogP contribution in [0.2, 0.25) is 0 Å². The highest BCUT2D eigenvalue weighted by Crippen LogP contribution is 2.31. The summed E-state index contributed by atoms with van der Waals surface area (Å²) in [5, 5.41) is 0. The number of carbonyl (C=O) groups is 1. The molecule has 1 saturated heterocycles. The van der Waals surface area contributed by atoms with Crippen molar-refractivity contribution in [3.8, 4) is 11.4 Å². The topological polar surface area (TPSA) is 71.9 Å². The maximum absolute atomic E-state index is 13.7. The van der Waals surface area contributed by atoms with Gasteiger partial charge in [-0.1, -0.05) is 18.6 Å². The van der Waals surface area contributed by atoms with E-state index < -0.39 is 11.7 Å². The van der Waals surface area contributed by atoms with Gasteiger partial charge in [-0.3, -0.25) is 4.79 Å². The maximum atomic E-state index is 13.7. The third-order valence-corrected chi connectivity index (χ3v) is 6.29. The summed E-state index contributed by atoms with van der Waals surface area (Å²) in [5.41, 5.74) is 1.37. The van der Waals surface area contributed by atoms with Crippen LogP contribution in [-0.4, -0.2) is 43.3 Å². The van der Waals surface area contributed by atoms with E-state index in [4.69, 9.17) is 0 Å². The minimum absolute atomic E-state index is 0.0713. The van der Waals surface area contributed by atoms with Crippen LogP contribution in [0.1, 0.15) is 53.5 Å². The number of benzene rings is 1. The van der Waals surface area contributed by atoms with Crippen molar-refractivity contribution in [3.05, 3.63) is 71.6 Å². The Hall–Kier alpha value is -3.36. The van der Waals surface area contributed by atoms with Crippen molar-refractivity contribution in [3.63, 3.8) is 0 Å². The van der Waals surface area contributed by atoms with Crippen LogP contribution >= 0.6 is 0 Å². The van der Waals surface area contributed by atoms with E-state index >= 15 is 0 Å². The lowest BCUT2D eigenvalue weighted by Crippen LogP contribution is -2.48. The SMILES string of the molecule is Cc1ccc(C(=O)N2CCC[C@@H](C)[C@H]2CCc2ncc(C(F)(F)F)cn2)c(-c2ncccn2)c1. The first-order valence-electron chi connectivity index (χ1n) is 11.3. The van der Waals surface area contributed by atoms with Gasteiger partial charge in [-0.05, 0) is 50.3 Å². The molecule has 6 nitrogen and oxygen atoms in total. The molecule has 0 spiro atoms. The molecule has 3 aromatic rings. The van der Waals surface area contributed by atoms with Crippen molar-refractivity contribution in [2.75, 3.05) is 6.54 Å². The minimum Gasteiger partial charge on any atom is -0.335 e. The summed E-state index contributed by atoms with van der Waals surface area (Å²) in [6.45, 7) is 4.68. The molecule has 0 aliphatic carbocycles. The van der Waals surface area contributed by atoms with Gasteiger partial charge in [0.05, 0.1) is 11.1 Å². The zero-order valence-electron chi connectivity index (χ0n) is 19.1. The lowest BCUT2D eigenvalue weighted by atomic mass is 9.87. The number of amides is 1. The Morgan fingerprint density at radius 3 is 2.50 bits per heavy atom. The zero-order valence-corrected chi connectivity index (χ0v) is 19.1. The van der Waals surface area contributed by atoms with Crippen molar-refractivity contribution in [1.82, 2.24) is 24.8 Å². The van der Waals surface area contributed by atoms with Gasteiger partial charge in [0.15, 0.2) is 5.82 Å². The number of aryl methyl sites for hydroxylation is 2. The lowest BCUT2D eigenvalue weighted by Gasteiger charge is -2.40. The standard InChI is InChI=1S/C25H26F3N5O/c1-16-6-7-19(20(13-16)23-29-10-4-11-30-23)24(34)33-12-3-5-17(2)21(33)8-9-22-31-14-18(15-32-22)25(26,27)28/h4,6-7,10-11,13-15,17,21H,3,5,8-9,12H2,1-2H3/t17-,21-/m1/s1. The minimum atomic E-state index is -4.46. The number of rotatable bonds is 5. The molecule has 1 aliphatic heterocycles. The van der Waals surface area contributed by atoms with Crippen LogP contribution in [-0.2, 0) is 12.6 Å². The van der Waals surface area contributed by atoms with Gasteiger partial charge >= 0.3 is 6.18 Å². The number of hydrogen-bond acceptors (Lipinski definition) is 5. The molecule has 1 aromatic carbocycles. The van der Waals surface area contributed by atoms with E-state index in [0.29, 0.717) is 42.2 Å². The second kappa shape index (κ2) is 9.87. The smallest absolute Gasteiger partial charge is 0.335 e. The Balaban J connectivity index is 1.56. The summed E-state index contributed by atoms with van der Waals surface area (Å²) in [4.78, 5) is 32.1. The number of likely N-dealkylation sites (tertiary alicyclic amines) is 1. The van der Waals surface area contributed by atoms with Crippen LogP contribution < -0.4 is 0 Å². The van der Waals surface area contributed by atoms with E-state index in [-0.39, 0.29) is 17.9 Å². The number of hydrogen-bond donors (Lipinski definition) is 0. The molecular weight excluding hydrogens is 443 g/mol. The predicted molar refractivity (Wildman–Crippen MR) is 121 cm³/mol. The van der Waals surface area contributed by atoms with Crippen LogP contribution in [0.4, 0.5) is 13.2 Å². The fourth-order valence-electron chi connectivity index (χ4n) is 4.47. The van der Waals surface area contributed by atoms with E-state index in [9.17, 15) is 18.0 Å². The lowest BCUT2D eigenvalue weighted by molar-refractivity contribution is -0.138. The molecule has 9 heteroatoms. The first kappa shape index (κ1) is 23.8. The van der Waals surface area contributed by atoms with Crippen LogP contribution in [0.25, 0.3) is 11.4 Å². The third-order valence-electron chi connectivity index (χ3n) is 6.29. The summed E-state index contributed by atoms with van der Waals surface area (Å²) >= 11 is 0. The Morgan fingerprint density at radius 1 is 1.12 bits per heavy atom. The largest absolute Gasteiger partial charge is 0.419 e. The number of alkyl halides is 3. The third kappa shape index (κ3) is 5.24. The Labute approximate surface area is 196 Å². The van der Waals surface area contributed by atoms with Crippen molar-refractivity contribution >= 4 is 5.91 Å². The Kier molecular flexibility index (Phi) is 6.90. The van der Waals surface area contributed by atoms with E-state index in [1.807, 2.05) is 30.0 Å². The highest BCUT2D eigenvalue weighted by Gasteiger charge is 2.34. The molecule has 0 radical (unpaired) electrons. The highest BCUT2D eigenvalue weighted by atomic mass is 19.4. The van der Waals surface area contributed by atoms with Gasteiger partial charge in [0.2, 0.25) is 0 Å². The molecule has 0 N–H and O–H groups in total. The zero-order chi connectivity index (χ0) is 24.3. The number of nitrogens with zero attached hydrogens (tertiary/aromatic N) is 5. The molecular formula is C25H26F3N5O. The monoisotopic (exact) mass is 469 g/mol. The molecule has 2 atom stereocenters. The van der Waals surface area contributed by atoms with E-state index in [0.717, 1.165) is 30.8 Å². The second-order valence-electron chi connectivity index (χ2n) is 8.73. The number of aromatic nitrogens is 4. The fourth-order valence-corrected chi connectivity index (χ4v) is 4.47. The molecule has 0 bridgehead atoms. The summed E-state index contributed by atoms with van der Waals surface area (Å²) in [5.74, 6) is 0.988. The molecule has 1 amide bonds. The van der Waals surface area contributed by atoms with E-state index in [1.54, 1.807) is 18.5 Å². The quantitative estimate of drug-likeness (QED) is 0.518. The summed E-state index contributed by atoms with van der Waals surface area (Å²) in [6.07, 6.45) is 3.29. The summed E-state index contributed by atoms with van der Waals surface area (Å²) in [6, 6.07) is 7.29. The van der Waals surface area contributed by atoms with Crippen molar-refractivity contribution in [2.24, 2.45) is 5.92 Å². The average Bonchev–Trinajstić information content (AvgIpc) is 2.83.